The van der Waals surface area contributed by atoms with Crippen LogP contribution in [0.3, 0.4) is 0 Å². The van der Waals surface area contributed by atoms with E-state index in [1.807, 2.05) is 11.8 Å². The van der Waals surface area contributed by atoms with Gasteiger partial charge < -0.3 is 5.32 Å². The second-order valence-electron chi connectivity index (χ2n) is 5.40. The fourth-order valence-corrected chi connectivity index (χ4v) is 3.15. The Labute approximate surface area is 121 Å². The second kappa shape index (κ2) is 7.25. The van der Waals surface area contributed by atoms with Crippen LogP contribution in [-0.4, -0.2) is 21.8 Å². The van der Waals surface area contributed by atoms with Gasteiger partial charge in [-0.3, -0.25) is 0 Å². The Kier molecular flexibility index (Phi) is 5.64. The minimum Gasteiger partial charge on any atom is -0.310 e. The van der Waals surface area contributed by atoms with Crippen LogP contribution in [0.4, 0.5) is 0 Å². The third-order valence-electron chi connectivity index (χ3n) is 3.48. The molecule has 1 aromatic rings. The Hall–Kier alpha value is -0.610. The lowest BCUT2D eigenvalue weighted by Gasteiger charge is -2.18. The summed E-state index contributed by atoms with van der Waals surface area (Å²) in [4.78, 5) is 9.37. The van der Waals surface area contributed by atoms with Gasteiger partial charge in [0, 0.05) is 23.5 Å². The van der Waals surface area contributed by atoms with Crippen LogP contribution in [-0.2, 0) is 12.2 Å². The van der Waals surface area contributed by atoms with Crippen LogP contribution in [0.15, 0.2) is 6.20 Å². The Balaban J connectivity index is 2.15. The fourth-order valence-electron chi connectivity index (χ4n) is 2.52. The van der Waals surface area contributed by atoms with E-state index in [4.69, 9.17) is 4.98 Å². The summed E-state index contributed by atoms with van der Waals surface area (Å²) >= 11 is 1.91. The van der Waals surface area contributed by atoms with E-state index in [0.29, 0.717) is 11.3 Å². The van der Waals surface area contributed by atoms with Gasteiger partial charge in [-0.15, -0.1) is 0 Å². The predicted molar refractivity (Wildman–Crippen MR) is 82.4 cm³/mol. The molecule has 0 saturated heterocycles. The SMILES string of the molecule is CCNC1CCCCc2nc(CSC(C)C)ncc21. The summed E-state index contributed by atoms with van der Waals surface area (Å²) in [6.07, 6.45) is 6.92. The predicted octanol–water partition coefficient (Wildman–Crippen LogP) is 3.50. The monoisotopic (exact) mass is 279 g/mol. The number of nitrogens with zero attached hydrogens (tertiary/aromatic N) is 2. The summed E-state index contributed by atoms with van der Waals surface area (Å²) in [7, 11) is 0. The molecule has 0 amide bonds. The largest absolute Gasteiger partial charge is 0.310 e. The van der Waals surface area contributed by atoms with E-state index in [9.17, 15) is 0 Å². The van der Waals surface area contributed by atoms with Gasteiger partial charge in [-0.2, -0.15) is 11.8 Å². The molecule has 2 rings (SSSR count). The molecule has 0 aliphatic heterocycles. The summed E-state index contributed by atoms with van der Waals surface area (Å²) in [5.41, 5.74) is 2.61. The van der Waals surface area contributed by atoms with E-state index in [-0.39, 0.29) is 0 Å². The van der Waals surface area contributed by atoms with Gasteiger partial charge in [0.2, 0.25) is 0 Å². The van der Waals surface area contributed by atoms with Crippen LogP contribution in [0.5, 0.6) is 0 Å². The van der Waals surface area contributed by atoms with Crippen molar-refractivity contribution in [3.05, 3.63) is 23.3 Å². The summed E-state index contributed by atoms with van der Waals surface area (Å²) < 4.78 is 0. The molecule has 1 aromatic heterocycles. The molecule has 1 aliphatic rings. The number of fused-ring (bicyclic) bond motifs is 1. The van der Waals surface area contributed by atoms with Gasteiger partial charge in [-0.25, -0.2) is 9.97 Å². The summed E-state index contributed by atoms with van der Waals surface area (Å²) in [5.74, 6) is 1.92. The van der Waals surface area contributed by atoms with Gasteiger partial charge in [-0.05, 0) is 31.1 Å². The molecule has 0 saturated carbocycles. The first-order valence-electron chi connectivity index (χ1n) is 7.40. The molecule has 0 radical (unpaired) electrons. The molecule has 0 bridgehead atoms. The van der Waals surface area contributed by atoms with Gasteiger partial charge in [0.1, 0.15) is 5.82 Å². The molecular weight excluding hydrogens is 254 g/mol. The zero-order valence-electron chi connectivity index (χ0n) is 12.3. The number of aryl methyl sites for hydroxylation is 1. The molecule has 1 atom stereocenters. The van der Waals surface area contributed by atoms with Crippen molar-refractivity contribution in [2.45, 2.75) is 63.5 Å². The van der Waals surface area contributed by atoms with Gasteiger partial charge in [0.05, 0.1) is 5.75 Å². The van der Waals surface area contributed by atoms with Crippen molar-refractivity contribution < 1.29 is 0 Å². The molecule has 19 heavy (non-hydrogen) atoms. The van der Waals surface area contributed by atoms with Crippen LogP contribution in [0.25, 0.3) is 0 Å². The Morgan fingerprint density at radius 2 is 2.26 bits per heavy atom. The Morgan fingerprint density at radius 3 is 3.00 bits per heavy atom. The zero-order chi connectivity index (χ0) is 13.7. The third kappa shape index (κ3) is 4.18. The van der Waals surface area contributed by atoms with Crippen molar-refractivity contribution in [1.29, 1.82) is 0 Å². The van der Waals surface area contributed by atoms with E-state index in [0.717, 1.165) is 24.5 Å². The molecule has 1 unspecified atom stereocenters. The highest BCUT2D eigenvalue weighted by atomic mass is 32.2. The summed E-state index contributed by atoms with van der Waals surface area (Å²) in [6, 6.07) is 0.453. The molecule has 1 heterocycles. The first-order chi connectivity index (χ1) is 9.20. The average Bonchev–Trinajstić information content (AvgIpc) is 2.59. The number of nitrogens with one attached hydrogen (secondary N) is 1. The maximum Gasteiger partial charge on any atom is 0.138 e. The van der Waals surface area contributed by atoms with Crippen molar-refractivity contribution in [1.82, 2.24) is 15.3 Å². The highest BCUT2D eigenvalue weighted by molar-refractivity contribution is 7.99. The molecule has 0 fully saturated rings. The third-order valence-corrected chi connectivity index (χ3v) is 4.57. The normalized spacial score (nSPS) is 19.3. The van der Waals surface area contributed by atoms with Crippen LogP contribution >= 0.6 is 11.8 Å². The van der Waals surface area contributed by atoms with Gasteiger partial charge >= 0.3 is 0 Å². The van der Waals surface area contributed by atoms with Crippen LogP contribution < -0.4 is 5.32 Å². The van der Waals surface area contributed by atoms with Crippen molar-refractivity contribution in [3.8, 4) is 0 Å². The quantitative estimate of drug-likeness (QED) is 0.837. The van der Waals surface area contributed by atoms with E-state index in [1.165, 1.54) is 30.5 Å². The molecule has 0 spiro atoms. The molecule has 1 N–H and O–H groups in total. The highest BCUT2D eigenvalue weighted by Crippen LogP contribution is 2.27. The van der Waals surface area contributed by atoms with E-state index < -0.39 is 0 Å². The molecule has 106 valence electrons. The number of hydrogen-bond acceptors (Lipinski definition) is 4. The van der Waals surface area contributed by atoms with Crippen molar-refractivity contribution in [3.63, 3.8) is 0 Å². The van der Waals surface area contributed by atoms with E-state index >= 15 is 0 Å². The lowest BCUT2D eigenvalue weighted by molar-refractivity contribution is 0.502. The fraction of sp³-hybridized carbons (Fsp3) is 0.733. The molecule has 1 aliphatic carbocycles. The standard InChI is InChI=1S/C15H25N3S/c1-4-16-13-7-5-6-8-14-12(13)9-17-15(18-14)10-19-11(2)3/h9,11,13,16H,4-8,10H2,1-3H3. The number of thioether (sulfide) groups is 1. The Bertz CT molecular complexity index is 406. The zero-order valence-corrected chi connectivity index (χ0v) is 13.1. The molecule has 0 aromatic carbocycles. The maximum absolute atomic E-state index is 4.81. The minimum atomic E-state index is 0.453. The van der Waals surface area contributed by atoms with Gasteiger partial charge in [0.15, 0.2) is 0 Å². The number of hydrogen-bond donors (Lipinski definition) is 1. The van der Waals surface area contributed by atoms with E-state index in [2.05, 4.69) is 37.3 Å². The topological polar surface area (TPSA) is 37.8 Å². The van der Waals surface area contributed by atoms with Crippen molar-refractivity contribution >= 4 is 11.8 Å². The summed E-state index contributed by atoms with van der Waals surface area (Å²) in [5, 5.41) is 4.20. The molecular formula is C15H25N3S. The van der Waals surface area contributed by atoms with Crippen LogP contribution in [0.1, 0.15) is 63.2 Å². The van der Waals surface area contributed by atoms with Gasteiger partial charge in [0.25, 0.3) is 0 Å². The molecule has 3 nitrogen and oxygen atoms in total. The first kappa shape index (κ1) is 14.8. The van der Waals surface area contributed by atoms with Crippen LogP contribution in [0, 0.1) is 0 Å². The van der Waals surface area contributed by atoms with Crippen molar-refractivity contribution in [2.24, 2.45) is 0 Å². The number of aromatic nitrogens is 2. The summed E-state index contributed by atoms with van der Waals surface area (Å²) in [6.45, 7) is 7.61. The number of rotatable bonds is 5. The second-order valence-corrected chi connectivity index (χ2v) is 6.97. The van der Waals surface area contributed by atoms with Crippen LogP contribution in [0.2, 0.25) is 0 Å². The molecule has 4 heteroatoms. The smallest absolute Gasteiger partial charge is 0.138 e. The van der Waals surface area contributed by atoms with Crippen molar-refractivity contribution in [2.75, 3.05) is 6.54 Å². The Morgan fingerprint density at radius 1 is 1.42 bits per heavy atom. The first-order valence-corrected chi connectivity index (χ1v) is 8.45. The highest BCUT2D eigenvalue weighted by Gasteiger charge is 2.19. The lowest BCUT2D eigenvalue weighted by Crippen LogP contribution is -2.22. The lowest BCUT2D eigenvalue weighted by atomic mass is 10.1. The van der Waals surface area contributed by atoms with E-state index in [1.54, 1.807) is 0 Å². The maximum atomic E-state index is 4.81. The minimum absolute atomic E-state index is 0.453. The van der Waals surface area contributed by atoms with Gasteiger partial charge in [-0.1, -0.05) is 27.2 Å². The average molecular weight is 279 g/mol.